The Hall–Kier alpha value is -1.59. The van der Waals surface area contributed by atoms with Crippen LogP contribution in [0.4, 0.5) is 0 Å². The van der Waals surface area contributed by atoms with E-state index < -0.39 is 11.5 Å². The molecule has 0 aromatic rings. The molecule has 0 radical (unpaired) electrons. The molecular weight excluding hydrogens is 272 g/mol. The van der Waals surface area contributed by atoms with Gasteiger partial charge in [-0.1, -0.05) is 12.8 Å². The van der Waals surface area contributed by atoms with Crippen molar-refractivity contribution in [2.45, 2.75) is 57.5 Å². The molecule has 21 heavy (non-hydrogen) atoms. The fraction of sp³-hybridized carbons (Fsp3) is 0.800. The second-order valence-electron chi connectivity index (χ2n) is 6.49. The number of hydrogen-bond acceptors (Lipinski definition) is 4. The molecule has 1 saturated carbocycles. The summed E-state index contributed by atoms with van der Waals surface area (Å²) in [5, 5.41) is 2.69. The minimum Gasteiger partial charge on any atom is -0.467 e. The van der Waals surface area contributed by atoms with Crippen LogP contribution < -0.4 is 5.32 Å². The topological polar surface area (TPSA) is 75.7 Å². The van der Waals surface area contributed by atoms with Crippen LogP contribution in [-0.2, 0) is 19.1 Å². The van der Waals surface area contributed by atoms with Gasteiger partial charge in [-0.05, 0) is 26.7 Å². The highest BCUT2D eigenvalue weighted by molar-refractivity contribution is 5.92. The Bertz CT molecular complexity index is 441. The zero-order valence-corrected chi connectivity index (χ0v) is 13.0. The lowest BCUT2D eigenvalue weighted by molar-refractivity contribution is -0.149. The molecule has 2 fully saturated rings. The van der Waals surface area contributed by atoms with E-state index in [1.54, 1.807) is 13.8 Å². The summed E-state index contributed by atoms with van der Waals surface area (Å²) in [7, 11) is 1.29. The van der Waals surface area contributed by atoms with Crippen LogP contribution >= 0.6 is 0 Å². The van der Waals surface area contributed by atoms with E-state index in [4.69, 9.17) is 0 Å². The van der Waals surface area contributed by atoms with Gasteiger partial charge in [0, 0.05) is 19.0 Å². The zero-order valence-electron chi connectivity index (χ0n) is 13.0. The standard InChI is InChI=1S/C15H24N2O4/c1-15(2,14(20)21-3)16-13(19)10-8-12(18)17(9-10)11-6-4-5-7-11/h10-11H,4-9H2,1-3H3,(H,16,19)/t10-/m1/s1. The maximum atomic E-state index is 12.3. The summed E-state index contributed by atoms with van der Waals surface area (Å²) in [6.45, 7) is 3.66. The van der Waals surface area contributed by atoms with Crippen LogP contribution in [0.1, 0.15) is 46.0 Å². The van der Waals surface area contributed by atoms with Gasteiger partial charge < -0.3 is 15.0 Å². The van der Waals surface area contributed by atoms with Crippen molar-refractivity contribution in [1.29, 1.82) is 0 Å². The molecule has 0 bridgehead atoms. The van der Waals surface area contributed by atoms with Crippen molar-refractivity contribution < 1.29 is 19.1 Å². The molecule has 1 atom stereocenters. The number of methoxy groups -OCH3 is 1. The number of carbonyl (C=O) groups is 3. The van der Waals surface area contributed by atoms with Gasteiger partial charge in [0.05, 0.1) is 13.0 Å². The first-order valence-corrected chi connectivity index (χ1v) is 7.55. The Morgan fingerprint density at radius 1 is 1.29 bits per heavy atom. The number of carbonyl (C=O) groups excluding carboxylic acids is 3. The molecule has 1 saturated heterocycles. The second-order valence-corrected chi connectivity index (χ2v) is 6.49. The fourth-order valence-electron chi connectivity index (χ4n) is 3.19. The van der Waals surface area contributed by atoms with E-state index in [9.17, 15) is 14.4 Å². The first-order valence-electron chi connectivity index (χ1n) is 7.55. The van der Waals surface area contributed by atoms with Gasteiger partial charge in [0.1, 0.15) is 5.54 Å². The third-order valence-electron chi connectivity index (χ3n) is 4.43. The van der Waals surface area contributed by atoms with Gasteiger partial charge in [0.25, 0.3) is 0 Å². The summed E-state index contributed by atoms with van der Waals surface area (Å²) >= 11 is 0. The summed E-state index contributed by atoms with van der Waals surface area (Å²) in [6.07, 6.45) is 4.61. The van der Waals surface area contributed by atoms with Gasteiger partial charge in [-0.15, -0.1) is 0 Å². The van der Waals surface area contributed by atoms with Gasteiger partial charge in [-0.3, -0.25) is 9.59 Å². The van der Waals surface area contributed by atoms with Gasteiger partial charge in [0.15, 0.2) is 0 Å². The fourth-order valence-corrected chi connectivity index (χ4v) is 3.19. The number of esters is 1. The minimum absolute atomic E-state index is 0.0536. The van der Waals surface area contributed by atoms with Crippen LogP contribution in [0.2, 0.25) is 0 Å². The Kier molecular flexibility index (Phi) is 4.54. The van der Waals surface area contributed by atoms with E-state index in [1.807, 2.05) is 4.90 Å². The highest BCUT2D eigenvalue weighted by Gasteiger charge is 2.41. The number of nitrogens with one attached hydrogen (secondary N) is 1. The predicted molar refractivity (Wildman–Crippen MR) is 76.3 cm³/mol. The molecule has 0 unspecified atom stereocenters. The van der Waals surface area contributed by atoms with Crippen LogP contribution in [0.15, 0.2) is 0 Å². The average Bonchev–Trinajstić information content (AvgIpc) is 3.05. The van der Waals surface area contributed by atoms with Crippen molar-refractivity contribution in [3.63, 3.8) is 0 Å². The third kappa shape index (κ3) is 3.36. The molecule has 2 aliphatic rings. The highest BCUT2D eigenvalue weighted by Crippen LogP contribution is 2.29. The van der Waals surface area contributed by atoms with Crippen LogP contribution in [0.5, 0.6) is 0 Å². The molecule has 0 spiro atoms. The lowest BCUT2D eigenvalue weighted by atomic mass is 10.0. The number of hydrogen-bond donors (Lipinski definition) is 1. The summed E-state index contributed by atoms with van der Waals surface area (Å²) in [5.74, 6) is -1.06. The number of amides is 2. The molecule has 1 heterocycles. The SMILES string of the molecule is COC(=O)C(C)(C)NC(=O)[C@@H]1CC(=O)N(C2CCCC2)C1. The quantitative estimate of drug-likeness (QED) is 0.780. The molecule has 2 rings (SSSR count). The maximum absolute atomic E-state index is 12.3. The van der Waals surface area contributed by atoms with Crippen molar-refractivity contribution in [2.24, 2.45) is 5.92 Å². The first kappa shape index (κ1) is 15.8. The van der Waals surface area contributed by atoms with Crippen LogP contribution in [-0.4, -0.2) is 47.9 Å². The molecular formula is C15H24N2O4. The third-order valence-corrected chi connectivity index (χ3v) is 4.43. The lowest BCUT2D eigenvalue weighted by Crippen LogP contribution is -2.52. The normalized spacial score (nSPS) is 23.5. The van der Waals surface area contributed by atoms with E-state index >= 15 is 0 Å². The number of nitrogens with zero attached hydrogens (tertiary/aromatic N) is 1. The number of ether oxygens (including phenoxy) is 1. The summed E-state index contributed by atoms with van der Waals surface area (Å²) < 4.78 is 4.67. The molecule has 0 aromatic carbocycles. The highest BCUT2D eigenvalue weighted by atomic mass is 16.5. The van der Waals surface area contributed by atoms with E-state index in [-0.39, 0.29) is 24.2 Å². The Labute approximate surface area is 125 Å². The molecule has 6 nitrogen and oxygen atoms in total. The predicted octanol–water partition coefficient (Wildman–Crippen LogP) is 0.845. The van der Waals surface area contributed by atoms with Crippen molar-refractivity contribution in [1.82, 2.24) is 10.2 Å². The molecule has 1 aliphatic heterocycles. The van der Waals surface area contributed by atoms with E-state index in [2.05, 4.69) is 10.1 Å². The molecule has 0 aromatic heterocycles. The molecule has 1 N–H and O–H groups in total. The number of rotatable bonds is 4. The molecule has 2 amide bonds. The smallest absolute Gasteiger partial charge is 0.330 e. The second kappa shape index (κ2) is 6.03. The van der Waals surface area contributed by atoms with Gasteiger partial charge >= 0.3 is 5.97 Å². The number of likely N-dealkylation sites (tertiary alicyclic amines) is 1. The summed E-state index contributed by atoms with van der Waals surface area (Å²) in [6, 6.07) is 0.295. The average molecular weight is 296 g/mol. The zero-order chi connectivity index (χ0) is 15.6. The van der Waals surface area contributed by atoms with Crippen molar-refractivity contribution >= 4 is 17.8 Å². The van der Waals surface area contributed by atoms with Crippen molar-refractivity contribution in [2.75, 3.05) is 13.7 Å². The van der Waals surface area contributed by atoms with Gasteiger partial charge in [-0.2, -0.15) is 0 Å². The minimum atomic E-state index is -1.07. The van der Waals surface area contributed by atoms with E-state index in [0.29, 0.717) is 12.6 Å². The van der Waals surface area contributed by atoms with Crippen molar-refractivity contribution in [3.05, 3.63) is 0 Å². The lowest BCUT2D eigenvalue weighted by Gasteiger charge is -2.26. The van der Waals surface area contributed by atoms with E-state index in [1.165, 1.54) is 7.11 Å². The Balaban J connectivity index is 1.95. The molecule has 118 valence electrons. The van der Waals surface area contributed by atoms with Crippen LogP contribution in [0, 0.1) is 5.92 Å². The van der Waals surface area contributed by atoms with Gasteiger partial charge in [-0.25, -0.2) is 4.79 Å². The summed E-state index contributed by atoms with van der Waals surface area (Å²) in [5.41, 5.74) is -1.07. The monoisotopic (exact) mass is 296 g/mol. The largest absolute Gasteiger partial charge is 0.467 e. The van der Waals surface area contributed by atoms with Crippen LogP contribution in [0.25, 0.3) is 0 Å². The van der Waals surface area contributed by atoms with E-state index in [0.717, 1.165) is 25.7 Å². The Morgan fingerprint density at radius 3 is 2.48 bits per heavy atom. The van der Waals surface area contributed by atoms with Gasteiger partial charge in [0.2, 0.25) is 11.8 Å². The first-order chi connectivity index (χ1) is 9.85. The maximum Gasteiger partial charge on any atom is 0.330 e. The Morgan fingerprint density at radius 2 is 1.90 bits per heavy atom. The molecule has 6 heteroatoms. The summed E-state index contributed by atoms with van der Waals surface area (Å²) in [4.78, 5) is 37.8. The molecule has 1 aliphatic carbocycles. The van der Waals surface area contributed by atoms with Crippen molar-refractivity contribution in [3.8, 4) is 0 Å². The van der Waals surface area contributed by atoms with Crippen LogP contribution in [0.3, 0.4) is 0 Å².